The Hall–Kier alpha value is -4.53. The minimum absolute atomic E-state index is 0.0717. The number of hydrogen-bond acceptors (Lipinski definition) is 5. The molecule has 0 radical (unpaired) electrons. The zero-order valence-electron chi connectivity index (χ0n) is 22.8. The van der Waals surface area contributed by atoms with Crippen LogP contribution < -0.4 is 14.8 Å². The van der Waals surface area contributed by atoms with E-state index >= 15 is 0 Å². The number of nitrogens with zero attached hydrogens (tertiary/aromatic N) is 2. The van der Waals surface area contributed by atoms with Gasteiger partial charge >= 0.3 is 6.18 Å². The first-order chi connectivity index (χ1) is 19.8. The quantitative estimate of drug-likeness (QED) is 0.239. The first kappa shape index (κ1) is 28.0. The van der Waals surface area contributed by atoms with E-state index in [4.69, 9.17) is 9.47 Å². The summed E-state index contributed by atoms with van der Waals surface area (Å²) in [5.74, 6) is 1.46. The molecule has 1 aromatic heterocycles. The lowest BCUT2D eigenvalue weighted by Gasteiger charge is -2.27. The number of aromatic nitrogens is 1. The highest BCUT2D eigenvalue weighted by Crippen LogP contribution is 2.35. The van der Waals surface area contributed by atoms with E-state index in [1.165, 1.54) is 12.3 Å². The number of pyridine rings is 1. The van der Waals surface area contributed by atoms with Gasteiger partial charge in [0.25, 0.3) is 5.91 Å². The van der Waals surface area contributed by atoms with E-state index in [0.717, 1.165) is 34.8 Å². The molecule has 41 heavy (non-hydrogen) atoms. The normalized spacial score (nSPS) is 13.6. The van der Waals surface area contributed by atoms with E-state index < -0.39 is 11.7 Å². The molecule has 0 fully saturated rings. The lowest BCUT2D eigenvalue weighted by molar-refractivity contribution is -0.137. The second-order valence-electron chi connectivity index (χ2n) is 9.55. The summed E-state index contributed by atoms with van der Waals surface area (Å²) < 4.78 is 50.7. The van der Waals surface area contributed by atoms with Crippen molar-refractivity contribution in [3.05, 3.63) is 95.7 Å². The molecule has 0 saturated carbocycles. The Kier molecular flexibility index (Phi) is 8.14. The van der Waals surface area contributed by atoms with E-state index in [0.29, 0.717) is 55.0 Å². The molecule has 0 atom stereocenters. The first-order valence-corrected chi connectivity index (χ1v) is 13.5. The molecule has 1 aliphatic rings. The molecule has 1 aliphatic heterocycles. The molecule has 0 aliphatic carbocycles. The van der Waals surface area contributed by atoms with Gasteiger partial charge in [0.05, 0.1) is 24.3 Å². The maximum absolute atomic E-state index is 13.2. The van der Waals surface area contributed by atoms with Gasteiger partial charge in [-0.15, -0.1) is 0 Å². The van der Waals surface area contributed by atoms with Crippen LogP contribution in [0.4, 0.5) is 24.5 Å². The van der Waals surface area contributed by atoms with Gasteiger partial charge in [-0.3, -0.25) is 9.78 Å². The molecular weight excluding hydrogens is 531 g/mol. The second-order valence-corrected chi connectivity index (χ2v) is 9.55. The van der Waals surface area contributed by atoms with Crippen molar-refractivity contribution in [1.29, 1.82) is 0 Å². The molecule has 0 spiro atoms. The number of carbonyl (C=O) groups is 1. The van der Waals surface area contributed by atoms with Gasteiger partial charge in [-0.2, -0.15) is 13.2 Å². The van der Waals surface area contributed by atoms with Crippen molar-refractivity contribution < 1.29 is 27.4 Å². The Morgan fingerprint density at radius 1 is 0.976 bits per heavy atom. The fourth-order valence-corrected chi connectivity index (χ4v) is 4.87. The number of amides is 1. The van der Waals surface area contributed by atoms with Crippen molar-refractivity contribution in [3.63, 3.8) is 0 Å². The Morgan fingerprint density at radius 3 is 2.44 bits per heavy atom. The van der Waals surface area contributed by atoms with Crippen LogP contribution in [0.3, 0.4) is 0 Å². The van der Waals surface area contributed by atoms with Crippen molar-refractivity contribution in [3.8, 4) is 11.5 Å². The lowest BCUT2D eigenvalue weighted by Crippen LogP contribution is -2.34. The number of benzene rings is 3. The third-order valence-corrected chi connectivity index (χ3v) is 6.89. The van der Waals surface area contributed by atoms with Gasteiger partial charge < -0.3 is 19.7 Å². The number of hydrogen-bond donors (Lipinski definition) is 1. The fraction of sp³-hybridized carbons (Fsp3) is 0.250. The van der Waals surface area contributed by atoms with Gasteiger partial charge in [-0.25, -0.2) is 0 Å². The van der Waals surface area contributed by atoms with Crippen LogP contribution in [0.5, 0.6) is 11.5 Å². The van der Waals surface area contributed by atoms with Gasteiger partial charge in [0.15, 0.2) is 0 Å². The van der Waals surface area contributed by atoms with E-state index in [1.807, 2.05) is 32.0 Å². The topological polar surface area (TPSA) is 63.7 Å². The highest BCUT2D eigenvalue weighted by atomic mass is 19.4. The third kappa shape index (κ3) is 6.29. The summed E-state index contributed by atoms with van der Waals surface area (Å²) in [6, 6.07) is 18.1. The zero-order chi connectivity index (χ0) is 29.0. The maximum atomic E-state index is 13.2. The van der Waals surface area contributed by atoms with Gasteiger partial charge in [0.1, 0.15) is 11.5 Å². The monoisotopic (exact) mass is 561 g/mol. The molecule has 1 N–H and O–H groups in total. The third-order valence-electron chi connectivity index (χ3n) is 6.89. The molecule has 0 unspecified atom stereocenters. The Labute approximate surface area is 236 Å². The number of anilines is 2. The van der Waals surface area contributed by atoms with Gasteiger partial charge in [-0.1, -0.05) is 12.1 Å². The second kappa shape index (κ2) is 11.9. The van der Waals surface area contributed by atoms with Crippen LogP contribution in [0.1, 0.15) is 41.8 Å². The Morgan fingerprint density at radius 2 is 1.76 bits per heavy atom. The Balaban J connectivity index is 1.27. The molecule has 3 aromatic carbocycles. The molecule has 212 valence electrons. The number of fused-ring (bicyclic) bond motifs is 1. The minimum Gasteiger partial charge on any atom is -0.494 e. The van der Waals surface area contributed by atoms with Crippen LogP contribution in [0, 0.1) is 0 Å². The Bertz CT molecular complexity index is 1580. The molecule has 1 amide bonds. The summed E-state index contributed by atoms with van der Waals surface area (Å²) >= 11 is 0. The average molecular weight is 562 g/mol. The van der Waals surface area contributed by atoms with Crippen LogP contribution in [-0.4, -0.2) is 42.1 Å². The molecule has 5 rings (SSSR count). The fourth-order valence-electron chi connectivity index (χ4n) is 4.87. The van der Waals surface area contributed by atoms with Gasteiger partial charge in [-0.05, 0) is 80.4 Å². The maximum Gasteiger partial charge on any atom is 0.416 e. The summed E-state index contributed by atoms with van der Waals surface area (Å²) in [7, 11) is 0. The highest BCUT2D eigenvalue weighted by molar-refractivity contribution is 5.96. The van der Waals surface area contributed by atoms with Crippen molar-refractivity contribution in [2.24, 2.45) is 0 Å². The highest BCUT2D eigenvalue weighted by Gasteiger charge is 2.30. The van der Waals surface area contributed by atoms with E-state index in [-0.39, 0.29) is 11.4 Å². The molecule has 0 bridgehead atoms. The first-order valence-electron chi connectivity index (χ1n) is 13.5. The van der Waals surface area contributed by atoms with Gasteiger partial charge in [0, 0.05) is 53.2 Å². The van der Waals surface area contributed by atoms with Crippen LogP contribution in [0.25, 0.3) is 16.5 Å². The molecular formula is C32H30F3N3O3. The van der Waals surface area contributed by atoms with Crippen LogP contribution in [0.2, 0.25) is 0 Å². The number of halogens is 3. The molecule has 4 aromatic rings. The zero-order valence-corrected chi connectivity index (χ0v) is 22.8. The summed E-state index contributed by atoms with van der Waals surface area (Å²) in [6.07, 6.45) is -0.209. The number of carbonyl (C=O) groups excluding carboxylic acids is 1. The standard InChI is InChI=1S/C32H30F3N3O3/c1-3-40-25-10-12-26(30(20-25)41-4-2)21-14-17-38(18-15-21)31(39)22-5-8-24(9-6-22)37-28-13-16-36-29-19-23(32(33,34)35)7-11-27(28)29/h5-14,16,19-20H,3-4,15,17-18H2,1-2H3,(H,36,37). The van der Waals surface area contributed by atoms with E-state index in [1.54, 1.807) is 35.2 Å². The molecule has 2 heterocycles. The number of rotatable bonds is 8. The molecule has 0 saturated heterocycles. The predicted octanol–water partition coefficient (Wildman–Crippen LogP) is 7.72. The molecule has 6 nitrogen and oxygen atoms in total. The molecule has 9 heteroatoms. The van der Waals surface area contributed by atoms with Crippen LogP contribution in [0.15, 0.2) is 79.0 Å². The summed E-state index contributed by atoms with van der Waals surface area (Å²) in [5.41, 5.74) is 3.52. The largest absolute Gasteiger partial charge is 0.494 e. The van der Waals surface area contributed by atoms with Crippen LogP contribution >= 0.6 is 0 Å². The SMILES string of the molecule is CCOc1ccc(C2=CCN(C(=O)c3ccc(Nc4ccnc5cc(C(F)(F)F)ccc45)cc3)CC2)c(OCC)c1. The van der Waals surface area contributed by atoms with Crippen LogP contribution in [-0.2, 0) is 6.18 Å². The minimum atomic E-state index is -4.44. The van der Waals surface area contributed by atoms with Crippen molar-refractivity contribution in [1.82, 2.24) is 9.88 Å². The smallest absolute Gasteiger partial charge is 0.416 e. The van der Waals surface area contributed by atoms with Crippen molar-refractivity contribution >= 4 is 33.8 Å². The number of nitrogens with one attached hydrogen (secondary N) is 1. The number of ether oxygens (including phenoxy) is 2. The van der Waals surface area contributed by atoms with E-state index in [2.05, 4.69) is 16.4 Å². The van der Waals surface area contributed by atoms with Crippen molar-refractivity contribution in [2.45, 2.75) is 26.4 Å². The van der Waals surface area contributed by atoms with Crippen molar-refractivity contribution in [2.75, 3.05) is 31.6 Å². The average Bonchev–Trinajstić information content (AvgIpc) is 2.97. The summed E-state index contributed by atoms with van der Waals surface area (Å²) in [5, 5.41) is 3.79. The lowest BCUT2D eigenvalue weighted by atomic mass is 9.98. The summed E-state index contributed by atoms with van der Waals surface area (Å²) in [4.78, 5) is 19.1. The number of alkyl halides is 3. The summed E-state index contributed by atoms with van der Waals surface area (Å²) in [6.45, 7) is 6.06. The van der Waals surface area contributed by atoms with Gasteiger partial charge in [0.2, 0.25) is 0 Å². The van der Waals surface area contributed by atoms with E-state index in [9.17, 15) is 18.0 Å². The predicted molar refractivity (Wildman–Crippen MR) is 154 cm³/mol.